The second kappa shape index (κ2) is 18.6. The molecule has 8 rings (SSSR count). The first-order valence-electron chi connectivity index (χ1n) is 19.2. The molecule has 0 spiro atoms. The number of H-pyrrole nitrogens is 1. The van der Waals surface area contributed by atoms with Gasteiger partial charge in [-0.2, -0.15) is 0 Å². The van der Waals surface area contributed by atoms with Crippen LogP contribution in [0, 0.1) is 6.92 Å². The van der Waals surface area contributed by atoms with Crippen LogP contribution in [-0.2, 0) is 24.3 Å². The van der Waals surface area contributed by atoms with Gasteiger partial charge in [-0.05, 0) is 86.3 Å². The zero-order chi connectivity index (χ0) is 41.1. The highest BCUT2D eigenvalue weighted by atomic mass is 16.5. The monoisotopic (exact) mass is 787 g/mol. The number of ether oxygens (including phenoxy) is 1. The van der Waals surface area contributed by atoms with E-state index in [-0.39, 0.29) is 18.6 Å². The number of carbonyl (C=O) groups excluding carboxylic acids is 2. The van der Waals surface area contributed by atoms with Gasteiger partial charge in [-0.1, -0.05) is 48.5 Å². The van der Waals surface area contributed by atoms with Gasteiger partial charge in [0.15, 0.2) is 17.3 Å². The standard InChI is InChI=1S/C24H25N7.C21H20N4O3/c1-15(2)31-14-28-21-23(26-9-8-17-13-27-20-7-5-4-6-19(17)20)29-22(30-24(21)31)18-10-16(3)11-25-12-18;22-18-5-1-2-6-19(18)25-20(26)17-9-7-15(8-10-17)13-24-21(27)28-14-16-4-3-11-23-12-16/h4-7,10-15,27H,8-9H2,1-3H3,(H,26,29,30);1-12H,13-14,22H2,(H,24,27)(H,25,26). The Hall–Kier alpha value is -7.61. The third-order valence-electron chi connectivity index (χ3n) is 9.43. The molecule has 0 radical (unpaired) electrons. The first kappa shape index (κ1) is 39.6. The van der Waals surface area contributed by atoms with Crippen molar-refractivity contribution < 1.29 is 14.3 Å². The fourth-order valence-electron chi connectivity index (χ4n) is 6.31. The molecule has 14 nitrogen and oxygen atoms in total. The van der Waals surface area contributed by atoms with Gasteiger partial charge >= 0.3 is 6.09 Å². The molecule has 5 heterocycles. The third kappa shape index (κ3) is 10.0. The number of alkyl carbamates (subject to hydrolysis) is 1. The smallest absolute Gasteiger partial charge is 0.407 e. The zero-order valence-corrected chi connectivity index (χ0v) is 33.0. The molecule has 6 N–H and O–H groups in total. The quantitative estimate of drug-likeness (QED) is 0.0754. The number of para-hydroxylation sites is 3. The number of imidazole rings is 1. The molecule has 0 aliphatic heterocycles. The number of aromatic nitrogens is 7. The van der Waals surface area contributed by atoms with Crippen LogP contribution in [0.15, 0.2) is 128 Å². The number of rotatable bonds is 12. The highest BCUT2D eigenvalue weighted by molar-refractivity contribution is 6.05. The Bertz CT molecular complexity index is 2670. The Balaban J connectivity index is 0.000000180. The molecular formula is C45H45N11O3. The molecule has 0 unspecified atom stereocenters. The van der Waals surface area contributed by atoms with E-state index in [0.29, 0.717) is 29.3 Å². The molecule has 59 heavy (non-hydrogen) atoms. The Morgan fingerprint density at radius 2 is 1.71 bits per heavy atom. The average Bonchev–Trinajstić information content (AvgIpc) is 3.89. The van der Waals surface area contributed by atoms with Crippen molar-refractivity contribution in [3.8, 4) is 11.4 Å². The number of fused-ring (bicyclic) bond motifs is 2. The normalized spacial score (nSPS) is 10.9. The molecule has 0 aliphatic carbocycles. The Labute approximate surface area is 341 Å². The molecule has 14 heteroatoms. The molecule has 0 fully saturated rings. The summed E-state index contributed by atoms with van der Waals surface area (Å²) in [5, 5.41) is 10.2. The molecule has 0 atom stereocenters. The van der Waals surface area contributed by atoms with Crippen LogP contribution in [0.2, 0.25) is 0 Å². The van der Waals surface area contributed by atoms with Crippen molar-refractivity contribution in [2.75, 3.05) is 22.9 Å². The van der Waals surface area contributed by atoms with Gasteiger partial charge in [0.25, 0.3) is 5.91 Å². The Kier molecular flexibility index (Phi) is 12.5. The number of nitrogen functional groups attached to an aromatic ring is 1. The fraction of sp³-hybridized carbons (Fsp3) is 0.178. The van der Waals surface area contributed by atoms with Crippen LogP contribution in [-0.4, -0.2) is 53.0 Å². The molecular weight excluding hydrogens is 743 g/mol. The van der Waals surface area contributed by atoms with Gasteiger partial charge in [-0.15, -0.1) is 0 Å². The lowest BCUT2D eigenvalue weighted by molar-refractivity contribution is 0.102. The summed E-state index contributed by atoms with van der Waals surface area (Å²) in [4.78, 5) is 50.0. The van der Waals surface area contributed by atoms with Gasteiger partial charge < -0.3 is 36.0 Å². The molecule has 0 saturated carbocycles. The first-order valence-corrected chi connectivity index (χ1v) is 19.2. The second-order valence-electron chi connectivity index (χ2n) is 14.1. The second-order valence-corrected chi connectivity index (χ2v) is 14.1. The van der Waals surface area contributed by atoms with E-state index in [9.17, 15) is 9.59 Å². The van der Waals surface area contributed by atoms with Crippen LogP contribution in [0.4, 0.5) is 22.0 Å². The van der Waals surface area contributed by atoms with Crippen molar-refractivity contribution in [1.82, 2.24) is 39.8 Å². The number of anilines is 3. The third-order valence-corrected chi connectivity index (χ3v) is 9.43. The van der Waals surface area contributed by atoms with Crippen LogP contribution < -0.4 is 21.7 Å². The first-order chi connectivity index (χ1) is 28.7. The number of pyridine rings is 2. The van der Waals surface area contributed by atoms with Crippen LogP contribution in [0.5, 0.6) is 0 Å². The summed E-state index contributed by atoms with van der Waals surface area (Å²) in [7, 11) is 0. The number of carbonyl (C=O) groups is 2. The van der Waals surface area contributed by atoms with E-state index >= 15 is 0 Å². The summed E-state index contributed by atoms with van der Waals surface area (Å²) in [5.41, 5.74) is 15.1. The van der Waals surface area contributed by atoms with Crippen molar-refractivity contribution in [1.29, 1.82) is 0 Å². The van der Waals surface area contributed by atoms with E-state index < -0.39 is 6.09 Å². The molecule has 5 aromatic heterocycles. The minimum atomic E-state index is -0.523. The maximum absolute atomic E-state index is 12.3. The SMILES string of the molecule is Cc1cncc(-c2nc(NCCc3c[nH]c4ccccc34)c3ncn(C(C)C)c3n2)c1.Nc1ccccc1NC(=O)c1ccc(CNC(=O)OCc2cccnc2)cc1. The van der Waals surface area contributed by atoms with Crippen LogP contribution in [0.3, 0.4) is 0 Å². The van der Waals surface area contributed by atoms with Crippen LogP contribution in [0.25, 0.3) is 33.5 Å². The number of benzene rings is 3. The van der Waals surface area contributed by atoms with E-state index in [1.807, 2.05) is 31.6 Å². The van der Waals surface area contributed by atoms with Crippen LogP contribution in [0.1, 0.15) is 52.5 Å². The predicted molar refractivity (Wildman–Crippen MR) is 231 cm³/mol. The van der Waals surface area contributed by atoms with Crippen molar-refractivity contribution in [3.63, 3.8) is 0 Å². The molecule has 0 aliphatic rings. The average molecular weight is 788 g/mol. The summed E-state index contributed by atoms with van der Waals surface area (Å²) in [6.45, 7) is 7.46. The van der Waals surface area contributed by atoms with Crippen molar-refractivity contribution >= 4 is 51.3 Å². The van der Waals surface area contributed by atoms with E-state index in [1.54, 1.807) is 73.2 Å². The Morgan fingerprint density at radius 3 is 2.49 bits per heavy atom. The fourth-order valence-corrected chi connectivity index (χ4v) is 6.31. The highest BCUT2D eigenvalue weighted by Gasteiger charge is 2.16. The van der Waals surface area contributed by atoms with Crippen molar-refractivity contribution in [3.05, 3.63) is 156 Å². The van der Waals surface area contributed by atoms with Gasteiger partial charge in [0, 0.05) is 77.7 Å². The summed E-state index contributed by atoms with van der Waals surface area (Å²) < 4.78 is 7.20. The minimum absolute atomic E-state index is 0.154. The summed E-state index contributed by atoms with van der Waals surface area (Å²) >= 11 is 0. The van der Waals surface area contributed by atoms with Gasteiger partial charge in [-0.3, -0.25) is 14.8 Å². The summed E-state index contributed by atoms with van der Waals surface area (Å²) in [6, 6.07) is 28.2. The molecule has 3 aromatic carbocycles. The largest absolute Gasteiger partial charge is 0.445 e. The zero-order valence-electron chi connectivity index (χ0n) is 33.0. The van der Waals surface area contributed by atoms with Gasteiger partial charge in [0.2, 0.25) is 0 Å². The number of nitrogens with two attached hydrogens (primary N) is 1. The van der Waals surface area contributed by atoms with Crippen molar-refractivity contribution in [2.24, 2.45) is 0 Å². The molecule has 8 aromatic rings. The van der Waals surface area contributed by atoms with Gasteiger partial charge in [-0.25, -0.2) is 19.7 Å². The topological polar surface area (TPSA) is 191 Å². The molecule has 0 saturated heterocycles. The molecule has 298 valence electrons. The number of nitrogens with zero attached hydrogens (tertiary/aromatic N) is 6. The van der Waals surface area contributed by atoms with Gasteiger partial charge in [0.05, 0.1) is 17.7 Å². The number of nitrogens with one attached hydrogen (secondary N) is 4. The van der Waals surface area contributed by atoms with Gasteiger partial charge in [0.1, 0.15) is 12.1 Å². The highest BCUT2D eigenvalue weighted by Crippen LogP contribution is 2.27. The number of hydrogen-bond acceptors (Lipinski definition) is 10. The Morgan fingerprint density at radius 1 is 0.898 bits per heavy atom. The van der Waals surface area contributed by atoms with E-state index in [4.69, 9.17) is 20.4 Å². The lowest BCUT2D eigenvalue weighted by Crippen LogP contribution is -2.23. The lowest BCUT2D eigenvalue weighted by atomic mass is 10.1. The predicted octanol–water partition coefficient (Wildman–Crippen LogP) is 8.26. The lowest BCUT2D eigenvalue weighted by Gasteiger charge is -2.11. The number of aryl methyl sites for hydroxylation is 1. The summed E-state index contributed by atoms with van der Waals surface area (Å²) in [5.74, 6) is 1.15. The molecule has 0 bridgehead atoms. The maximum atomic E-state index is 12.3. The van der Waals surface area contributed by atoms with E-state index in [2.05, 4.69) is 84.8 Å². The number of hydrogen-bond donors (Lipinski definition) is 5. The number of aromatic amines is 1. The summed E-state index contributed by atoms with van der Waals surface area (Å²) in [6.07, 6.45) is 11.2. The molecule has 2 amide bonds. The van der Waals surface area contributed by atoms with Crippen molar-refractivity contribution in [2.45, 2.75) is 46.4 Å². The maximum Gasteiger partial charge on any atom is 0.407 e. The van der Waals surface area contributed by atoms with E-state index in [1.165, 1.54) is 10.9 Å². The van der Waals surface area contributed by atoms with Crippen LogP contribution >= 0.6 is 0 Å². The minimum Gasteiger partial charge on any atom is -0.445 e. The number of amides is 2. The van der Waals surface area contributed by atoms with E-state index in [0.717, 1.165) is 57.7 Å².